The topological polar surface area (TPSA) is 0 Å². The van der Waals surface area contributed by atoms with Crippen molar-refractivity contribution in [1.29, 1.82) is 0 Å². The van der Waals surface area contributed by atoms with Crippen LogP contribution in [0.1, 0.15) is 30.4 Å². The maximum Gasteiger partial charge on any atom is 2.00 e. The number of allylic oxidation sites excluding steroid dienone is 3. The first-order valence-electron chi connectivity index (χ1n) is 10.2. The van der Waals surface area contributed by atoms with Crippen LogP contribution in [0, 0.1) is 0 Å². The molecule has 0 amide bonds. The van der Waals surface area contributed by atoms with Crippen molar-refractivity contribution in [2.75, 3.05) is 0 Å². The van der Waals surface area contributed by atoms with Gasteiger partial charge in [-0.25, -0.2) is 24.3 Å². The normalized spacial score (nSPS) is 15.0. The Balaban J connectivity index is 0.000000331. The summed E-state index contributed by atoms with van der Waals surface area (Å²) in [6, 6.07) is 36.9. The van der Waals surface area contributed by atoms with E-state index < -0.39 is 0 Å². The van der Waals surface area contributed by atoms with E-state index in [2.05, 4.69) is 67.3 Å². The summed E-state index contributed by atoms with van der Waals surface area (Å²) < 4.78 is 0. The summed E-state index contributed by atoms with van der Waals surface area (Å²) >= 11 is 0. The SMILES string of the molecule is C=C1C(=C[c-]2cccc2)CCCC1=C[c-]1cccc1.[Fe+2].[Fe+2].c1cc[cH-]c1.c1cc[cH-]c1. The average molecular weight is 488 g/mol. The van der Waals surface area contributed by atoms with Crippen molar-refractivity contribution in [2.24, 2.45) is 0 Å². The van der Waals surface area contributed by atoms with Crippen LogP contribution in [-0.4, -0.2) is 0 Å². The molecule has 0 radical (unpaired) electrons. The molecule has 1 aliphatic carbocycles. The van der Waals surface area contributed by atoms with Gasteiger partial charge < -0.3 is 0 Å². The van der Waals surface area contributed by atoms with E-state index in [0.717, 1.165) is 12.8 Å². The van der Waals surface area contributed by atoms with E-state index in [1.807, 2.05) is 60.7 Å². The van der Waals surface area contributed by atoms with Crippen molar-refractivity contribution in [1.82, 2.24) is 0 Å². The van der Waals surface area contributed by atoms with Crippen LogP contribution < -0.4 is 0 Å². The molecule has 4 aromatic rings. The van der Waals surface area contributed by atoms with E-state index in [1.54, 1.807) is 0 Å². The van der Waals surface area contributed by atoms with E-state index >= 15 is 0 Å². The standard InChI is InChI=1S/C19H18.2C5H5.2Fe/c1-15-18(13-16-7-2-3-8-16)11-6-12-19(15)14-17-9-4-5-10-17;2*1-2-4-5-3-1;;/h2-5,7-10,13-14H,1,6,11-12H2;2*1-5H;;/q-2;2*-1;2*+2. The fraction of sp³-hybridized carbons (Fsp3) is 0.103. The molecule has 1 saturated carbocycles. The Labute approximate surface area is 208 Å². The Bertz CT molecular complexity index is 847. The van der Waals surface area contributed by atoms with Crippen molar-refractivity contribution in [3.05, 3.63) is 144 Å². The molecule has 1 aliphatic rings. The third kappa shape index (κ3) is 9.55. The third-order valence-electron chi connectivity index (χ3n) is 4.84. The van der Waals surface area contributed by atoms with Gasteiger partial charge in [-0.05, 0) is 0 Å². The summed E-state index contributed by atoms with van der Waals surface area (Å²) in [6.07, 6.45) is 8.06. The van der Waals surface area contributed by atoms with Crippen LogP contribution in [-0.2, 0) is 34.1 Å². The van der Waals surface area contributed by atoms with Gasteiger partial charge in [0.15, 0.2) is 0 Å². The maximum absolute atomic E-state index is 4.30. The fourth-order valence-corrected chi connectivity index (χ4v) is 3.31. The van der Waals surface area contributed by atoms with Crippen LogP contribution in [0.3, 0.4) is 0 Å². The fourth-order valence-electron chi connectivity index (χ4n) is 3.31. The van der Waals surface area contributed by atoms with Crippen molar-refractivity contribution in [3.63, 3.8) is 0 Å². The van der Waals surface area contributed by atoms with Crippen LogP contribution in [0.2, 0.25) is 0 Å². The first-order chi connectivity index (χ1) is 14.3. The minimum Gasteiger partial charge on any atom is -0.214 e. The van der Waals surface area contributed by atoms with E-state index in [1.165, 1.54) is 34.3 Å². The zero-order chi connectivity index (χ0) is 20.2. The molecule has 0 bridgehead atoms. The van der Waals surface area contributed by atoms with Crippen LogP contribution in [0.15, 0.2) is 132 Å². The molecule has 0 heterocycles. The number of rotatable bonds is 2. The van der Waals surface area contributed by atoms with Gasteiger partial charge in [0.05, 0.1) is 0 Å². The minimum absolute atomic E-state index is 0. The van der Waals surface area contributed by atoms with Gasteiger partial charge in [-0.15, -0.1) is 70.8 Å². The maximum atomic E-state index is 4.30. The summed E-state index contributed by atoms with van der Waals surface area (Å²) in [5.74, 6) is 0. The predicted molar refractivity (Wildman–Crippen MR) is 127 cm³/mol. The molecule has 1 fully saturated rings. The van der Waals surface area contributed by atoms with Gasteiger partial charge in [-0.3, -0.25) is 0 Å². The van der Waals surface area contributed by atoms with E-state index in [9.17, 15) is 0 Å². The number of hydrogen-bond donors (Lipinski definition) is 0. The van der Waals surface area contributed by atoms with Gasteiger partial charge in [0, 0.05) is 0 Å². The molecule has 0 spiro atoms. The van der Waals surface area contributed by atoms with Gasteiger partial charge >= 0.3 is 34.1 Å². The summed E-state index contributed by atoms with van der Waals surface area (Å²) in [5, 5.41) is 0. The Morgan fingerprint density at radius 3 is 1.26 bits per heavy atom. The van der Waals surface area contributed by atoms with E-state index in [0.29, 0.717) is 0 Å². The molecular formula is C29H28Fe2. The largest absolute Gasteiger partial charge is 2.00 e. The monoisotopic (exact) mass is 488 g/mol. The van der Waals surface area contributed by atoms with Gasteiger partial charge in [-0.2, -0.15) is 60.7 Å². The zero-order valence-electron chi connectivity index (χ0n) is 17.6. The van der Waals surface area contributed by atoms with Crippen LogP contribution in [0.25, 0.3) is 12.2 Å². The quantitative estimate of drug-likeness (QED) is 0.197. The molecule has 0 atom stereocenters. The third-order valence-corrected chi connectivity index (χ3v) is 4.84. The second-order valence-electron chi connectivity index (χ2n) is 7.03. The predicted octanol–water partition coefficient (Wildman–Crippen LogP) is 8.14. The van der Waals surface area contributed by atoms with Gasteiger partial charge in [0.25, 0.3) is 0 Å². The molecule has 0 nitrogen and oxygen atoms in total. The van der Waals surface area contributed by atoms with Crippen molar-refractivity contribution < 1.29 is 34.1 Å². The van der Waals surface area contributed by atoms with Gasteiger partial charge in [-0.1, -0.05) is 19.3 Å². The molecule has 160 valence electrons. The molecule has 0 aliphatic heterocycles. The summed E-state index contributed by atoms with van der Waals surface area (Å²) in [6.45, 7) is 4.30. The van der Waals surface area contributed by atoms with Crippen LogP contribution in [0.5, 0.6) is 0 Å². The zero-order valence-corrected chi connectivity index (χ0v) is 19.8. The first kappa shape index (κ1) is 26.7. The minimum atomic E-state index is 0. The molecule has 5 rings (SSSR count). The molecule has 0 N–H and O–H groups in total. The molecule has 0 aromatic heterocycles. The van der Waals surface area contributed by atoms with Crippen LogP contribution >= 0.6 is 0 Å². The summed E-state index contributed by atoms with van der Waals surface area (Å²) in [4.78, 5) is 0. The summed E-state index contributed by atoms with van der Waals surface area (Å²) in [7, 11) is 0. The van der Waals surface area contributed by atoms with Crippen LogP contribution in [0.4, 0.5) is 0 Å². The van der Waals surface area contributed by atoms with E-state index in [-0.39, 0.29) is 34.1 Å². The molecular weight excluding hydrogens is 460 g/mol. The molecule has 2 heteroatoms. The Morgan fingerprint density at radius 1 is 0.613 bits per heavy atom. The van der Waals surface area contributed by atoms with Crippen molar-refractivity contribution in [3.8, 4) is 0 Å². The Hall–Kier alpha value is -2.34. The number of hydrogen-bond acceptors (Lipinski definition) is 0. The molecule has 0 unspecified atom stereocenters. The van der Waals surface area contributed by atoms with E-state index in [4.69, 9.17) is 0 Å². The smallest absolute Gasteiger partial charge is 0.214 e. The molecule has 4 aromatic carbocycles. The average Bonchev–Trinajstić information content (AvgIpc) is 3.54. The molecule has 31 heavy (non-hydrogen) atoms. The van der Waals surface area contributed by atoms with Crippen molar-refractivity contribution in [2.45, 2.75) is 19.3 Å². The Morgan fingerprint density at radius 2 is 0.968 bits per heavy atom. The van der Waals surface area contributed by atoms with Crippen molar-refractivity contribution >= 4 is 12.2 Å². The summed E-state index contributed by atoms with van der Waals surface area (Å²) in [5.41, 5.74) is 6.55. The van der Waals surface area contributed by atoms with Gasteiger partial charge in [0.2, 0.25) is 0 Å². The van der Waals surface area contributed by atoms with Gasteiger partial charge in [0.1, 0.15) is 0 Å². The second-order valence-corrected chi connectivity index (χ2v) is 7.03. The molecule has 0 saturated heterocycles. The second kappa shape index (κ2) is 15.5. The first-order valence-corrected chi connectivity index (χ1v) is 10.2. The Kier molecular flexibility index (Phi) is 13.3.